The number of anilines is 1. The lowest BCUT2D eigenvalue weighted by Crippen LogP contribution is -2.32. The van der Waals surface area contributed by atoms with Gasteiger partial charge < -0.3 is 15.7 Å². The zero-order chi connectivity index (χ0) is 12.1. The molecule has 0 heterocycles. The fourth-order valence-corrected chi connectivity index (χ4v) is 1.25. The second-order valence-corrected chi connectivity index (χ2v) is 4.05. The molecule has 0 aliphatic rings. The molecule has 0 aliphatic carbocycles. The van der Waals surface area contributed by atoms with Crippen LogP contribution in [-0.2, 0) is 4.79 Å². The van der Waals surface area contributed by atoms with E-state index in [1.165, 1.54) is 0 Å². The minimum Gasteiger partial charge on any atom is -0.505 e. The molecule has 0 spiro atoms. The van der Waals surface area contributed by atoms with Crippen molar-refractivity contribution in [2.75, 3.05) is 11.9 Å². The molecule has 0 bridgehead atoms. The Morgan fingerprint density at radius 3 is 2.75 bits per heavy atom. The average molecular weight is 222 g/mol. The summed E-state index contributed by atoms with van der Waals surface area (Å²) >= 11 is 0. The van der Waals surface area contributed by atoms with Crippen LogP contribution < -0.4 is 10.6 Å². The van der Waals surface area contributed by atoms with Gasteiger partial charge in [-0.15, -0.1) is 0 Å². The highest BCUT2D eigenvalue weighted by Gasteiger charge is 2.07. The SMILES string of the molecule is Cc1cccc(NC(=O)CNC(C)C)c1O. The third-order valence-corrected chi connectivity index (χ3v) is 2.18. The Labute approximate surface area is 95.7 Å². The molecule has 0 saturated carbocycles. The van der Waals surface area contributed by atoms with E-state index in [0.717, 1.165) is 5.56 Å². The number of para-hydroxylation sites is 1. The predicted octanol–water partition coefficient (Wildman–Crippen LogP) is 1.64. The van der Waals surface area contributed by atoms with Crippen molar-refractivity contribution in [2.45, 2.75) is 26.8 Å². The number of phenols is 1. The van der Waals surface area contributed by atoms with Crippen molar-refractivity contribution in [1.29, 1.82) is 0 Å². The minimum atomic E-state index is -0.158. The van der Waals surface area contributed by atoms with Crippen LogP contribution in [0.2, 0.25) is 0 Å². The van der Waals surface area contributed by atoms with Crippen molar-refractivity contribution in [3.63, 3.8) is 0 Å². The first kappa shape index (κ1) is 12.5. The second kappa shape index (κ2) is 5.51. The third kappa shape index (κ3) is 3.55. The molecule has 4 heteroatoms. The molecule has 1 rings (SSSR count). The lowest BCUT2D eigenvalue weighted by Gasteiger charge is -2.10. The van der Waals surface area contributed by atoms with Crippen LogP contribution in [0.1, 0.15) is 19.4 Å². The first-order valence-corrected chi connectivity index (χ1v) is 5.32. The van der Waals surface area contributed by atoms with E-state index >= 15 is 0 Å². The van der Waals surface area contributed by atoms with E-state index in [1.807, 2.05) is 13.8 Å². The molecule has 0 aromatic heterocycles. The van der Waals surface area contributed by atoms with E-state index in [1.54, 1.807) is 25.1 Å². The summed E-state index contributed by atoms with van der Waals surface area (Å²) in [6, 6.07) is 5.52. The lowest BCUT2D eigenvalue weighted by molar-refractivity contribution is -0.115. The van der Waals surface area contributed by atoms with Crippen LogP contribution in [0.3, 0.4) is 0 Å². The van der Waals surface area contributed by atoms with Crippen LogP contribution in [0.25, 0.3) is 0 Å². The standard InChI is InChI=1S/C12H18N2O2/c1-8(2)13-7-11(15)14-10-6-4-5-9(3)12(10)16/h4-6,8,13,16H,7H2,1-3H3,(H,14,15). The van der Waals surface area contributed by atoms with Gasteiger partial charge in [0.25, 0.3) is 0 Å². The molecule has 0 unspecified atom stereocenters. The molecule has 0 radical (unpaired) electrons. The van der Waals surface area contributed by atoms with Crippen molar-refractivity contribution in [3.8, 4) is 5.75 Å². The number of phenolic OH excluding ortho intramolecular Hbond substituents is 1. The molecule has 0 atom stereocenters. The highest BCUT2D eigenvalue weighted by Crippen LogP contribution is 2.26. The summed E-state index contributed by atoms with van der Waals surface area (Å²) in [4.78, 5) is 11.5. The smallest absolute Gasteiger partial charge is 0.238 e. The number of carbonyl (C=O) groups is 1. The number of hydrogen-bond acceptors (Lipinski definition) is 3. The summed E-state index contributed by atoms with van der Waals surface area (Å²) in [7, 11) is 0. The number of aryl methyl sites for hydroxylation is 1. The van der Waals surface area contributed by atoms with Crippen LogP contribution in [0, 0.1) is 6.92 Å². The lowest BCUT2D eigenvalue weighted by atomic mass is 10.2. The van der Waals surface area contributed by atoms with Crippen LogP contribution >= 0.6 is 0 Å². The number of hydrogen-bond donors (Lipinski definition) is 3. The van der Waals surface area contributed by atoms with E-state index < -0.39 is 0 Å². The molecular formula is C12H18N2O2. The average Bonchev–Trinajstić information content (AvgIpc) is 2.22. The Hall–Kier alpha value is -1.55. The van der Waals surface area contributed by atoms with E-state index in [9.17, 15) is 9.90 Å². The second-order valence-electron chi connectivity index (χ2n) is 4.05. The van der Waals surface area contributed by atoms with Crippen molar-refractivity contribution in [1.82, 2.24) is 5.32 Å². The summed E-state index contributed by atoms with van der Waals surface area (Å²) in [5.74, 6) is -0.0324. The van der Waals surface area contributed by atoms with Crippen molar-refractivity contribution < 1.29 is 9.90 Å². The Morgan fingerprint density at radius 1 is 1.44 bits per heavy atom. The number of benzene rings is 1. The molecule has 1 amide bonds. The van der Waals surface area contributed by atoms with Gasteiger partial charge >= 0.3 is 0 Å². The van der Waals surface area contributed by atoms with E-state index in [4.69, 9.17) is 0 Å². The quantitative estimate of drug-likeness (QED) is 0.679. The first-order valence-electron chi connectivity index (χ1n) is 5.32. The molecular weight excluding hydrogens is 204 g/mol. The highest BCUT2D eigenvalue weighted by atomic mass is 16.3. The number of amides is 1. The monoisotopic (exact) mass is 222 g/mol. The normalized spacial score (nSPS) is 10.5. The van der Waals surface area contributed by atoms with Crippen LogP contribution in [0.5, 0.6) is 5.75 Å². The van der Waals surface area contributed by atoms with Gasteiger partial charge in [0, 0.05) is 6.04 Å². The fourth-order valence-electron chi connectivity index (χ4n) is 1.25. The topological polar surface area (TPSA) is 61.4 Å². The fraction of sp³-hybridized carbons (Fsp3) is 0.417. The van der Waals surface area contributed by atoms with Gasteiger partial charge in [-0.25, -0.2) is 0 Å². The van der Waals surface area contributed by atoms with Crippen molar-refractivity contribution >= 4 is 11.6 Å². The Kier molecular flexibility index (Phi) is 4.31. The first-order chi connectivity index (χ1) is 7.50. The maximum atomic E-state index is 11.5. The summed E-state index contributed by atoms with van der Waals surface area (Å²) < 4.78 is 0. The van der Waals surface area contributed by atoms with Gasteiger partial charge in [0.15, 0.2) is 0 Å². The third-order valence-electron chi connectivity index (χ3n) is 2.18. The predicted molar refractivity (Wildman–Crippen MR) is 64.6 cm³/mol. The summed E-state index contributed by atoms with van der Waals surface area (Å²) in [6.45, 7) is 5.97. The maximum absolute atomic E-state index is 11.5. The van der Waals surface area contributed by atoms with E-state index in [0.29, 0.717) is 5.69 Å². The molecule has 1 aromatic rings. The van der Waals surface area contributed by atoms with Crippen LogP contribution in [-0.4, -0.2) is 23.6 Å². The molecule has 4 nitrogen and oxygen atoms in total. The van der Waals surface area contributed by atoms with Crippen LogP contribution in [0.4, 0.5) is 5.69 Å². The Morgan fingerprint density at radius 2 is 2.12 bits per heavy atom. The molecule has 88 valence electrons. The van der Waals surface area contributed by atoms with E-state index in [2.05, 4.69) is 10.6 Å². The van der Waals surface area contributed by atoms with Crippen molar-refractivity contribution in [3.05, 3.63) is 23.8 Å². The van der Waals surface area contributed by atoms with Gasteiger partial charge in [0.1, 0.15) is 5.75 Å². The van der Waals surface area contributed by atoms with Crippen molar-refractivity contribution in [2.24, 2.45) is 0 Å². The Balaban J connectivity index is 2.59. The summed E-state index contributed by atoms with van der Waals surface area (Å²) in [6.07, 6.45) is 0. The molecule has 0 fully saturated rings. The van der Waals surface area contributed by atoms with E-state index in [-0.39, 0.29) is 24.2 Å². The van der Waals surface area contributed by atoms with Gasteiger partial charge in [-0.3, -0.25) is 4.79 Å². The maximum Gasteiger partial charge on any atom is 0.238 e. The summed E-state index contributed by atoms with van der Waals surface area (Å²) in [5, 5.41) is 15.3. The number of rotatable bonds is 4. The van der Waals surface area contributed by atoms with Gasteiger partial charge in [0.2, 0.25) is 5.91 Å². The number of nitrogens with one attached hydrogen (secondary N) is 2. The van der Waals surface area contributed by atoms with Crippen LogP contribution in [0.15, 0.2) is 18.2 Å². The van der Waals surface area contributed by atoms with Gasteiger partial charge in [-0.2, -0.15) is 0 Å². The van der Waals surface area contributed by atoms with Gasteiger partial charge in [0.05, 0.1) is 12.2 Å². The zero-order valence-electron chi connectivity index (χ0n) is 9.87. The highest BCUT2D eigenvalue weighted by molar-refractivity contribution is 5.93. The number of aromatic hydroxyl groups is 1. The van der Waals surface area contributed by atoms with Gasteiger partial charge in [-0.05, 0) is 18.6 Å². The minimum absolute atomic E-state index is 0.125. The molecule has 3 N–H and O–H groups in total. The molecule has 0 saturated heterocycles. The largest absolute Gasteiger partial charge is 0.505 e. The zero-order valence-corrected chi connectivity index (χ0v) is 9.87. The summed E-state index contributed by atoms with van der Waals surface area (Å²) in [5.41, 5.74) is 1.20. The van der Waals surface area contributed by atoms with Gasteiger partial charge in [-0.1, -0.05) is 26.0 Å². The molecule has 0 aliphatic heterocycles. The molecule has 16 heavy (non-hydrogen) atoms. The molecule has 1 aromatic carbocycles. The Bertz CT molecular complexity index is 375. The number of carbonyl (C=O) groups excluding carboxylic acids is 1.